The lowest BCUT2D eigenvalue weighted by Crippen LogP contribution is -2.68. The van der Waals surface area contributed by atoms with Gasteiger partial charge in [-0.1, -0.05) is 18.2 Å². The fraction of sp³-hybridized carbons (Fsp3) is 0.476. The Kier molecular flexibility index (Phi) is 6.76. The summed E-state index contributed by atoms with van der Waals surface area (Å²) in [7, 11) is 0. The van der Waals surface area contributed by atoms with Crippen LogP contribution in [0.25, 0.3) is 0 Å². The molecule has 4 N–H and O–H groups in total. The van der Waals surface area contributed by atoms with Gasteiger partial charge in [-0.05, 0) is 54.6 Å². The number of aliphatic hydroxyl groups excluding tert-OH is 1. The number of alkyl halides is 2. The highest BCUT2D eigenvalue weighted by Gasteiger charge is 2.45. The van der Waals surface area contributed by atoms with Gasteiger partial charge >= 0.3 is 0 Å². The van der Waals surface area contributed by atoms with Gasteiger partial charge in [0, 0.05) is 12.1 Å². The van der Waals surface area contributed by atoms with E-state index >= 15 is 0 Å². The first-order valence-electron chi connectivity index (χ1n) is 9.73. The molecule has 1 heterocycles. The van der Waals surface area contributed by atoms with E-state index in [0.717, 1.165) is 12.1 Å². The molecule has 10 heteroatoms. The molecule has 1 aromatic rings. The zero-order valence-electron chi connectivity index (χ0n) is 17.1. The Hall–Kier alpha value is -1.63. The van der Waals surface area contributed by atoms with E-state index in [1.165, 1.54) is 23.1 Å². The first-order chi connectivity index (χ1) is 14.4. The molecule has 170 valence electrons. The Morgan fingerprint density at radius 1 is 1.32 bits per heavy atom. The third kappa shape index (κ3) is 5.24. The molecule has 31 heavy (non-hydrogen) atoms. The highest BCUT2D eigenvalue weighted by atomic mass is 127. The van der Waals surface area contributed by atoms with Gasteiger partial charge in [0.05, 0.1) is 37.0 Å². The molecule has 3 rings (SSSR count). The van der Waals surface area contributed by atoms with E-state index in [4.69, 9.17) is 0 Å². The molecule has 6 nitrogen and oxygen atoms in total. The molecule has 1 fully saturated rings. The number of carbonyl (C=O) groups is 1. The van der Waals surface area contributed by atoms with E-state index in [0.29, 0.717) is 0 Å². The number of hydrogen-bond acceptors (Lipinski definition) is 5. The summed E-state index contributed by atoms with van der Waals surface area (Å²) in [6.07, 6.45) is 5.82. The van der Waals surface area contributed by atoms with Crippen LogP contribution in [0.1, 0.15) is 24.2 Å². The number of amides is 1. The van der Waals surface area contributed by atoms with Gasteiger partial charge in [0.1, 0.15) is 5.60 Å². The zero-order chi connectivity index (χ0) is 23.0. The maximum atomic E-state index is 14.8. The molecule has 1 aliphatic carbocycles. The molecule has 0 bridgehead atoms. The van der Waals surface area contributed by atoms with Crippen LogP contribution in [-0.4, -0.2) is 68.1 Å². The third-order valence-electron chi connectivity index (χ3n) is 5.32. The molecule has 1 amide bonds. The van der Waals surface area contributed by atoms with Crippen LogP contribution in [0.5, 0.6) is 0 Å². The number of hydrogen-bond donors (Lipinski definition) is 4. The molecule has 1 aromatic carbocycles. The van der Waals surface area contributed by atoms with Crippen molar-refractivity contribution in [3.05, 3.63) is 53.6 Å². The van der Waals surface area contributed by atoms with Crippen molar-refractivity contribution in [1.29, 1.82) is 0 Å². The van der Waals surface area contributed by atoms with Crippen LogP contribution in [0.3, 0.4) is 0 Å². The Labute approximate surface area is 192 Å². The maximum Gasteiger partial charge on any atom is 0.256 e. The molecular formula is C21H25F3IN3O3. The van der Waals surface area contributed by atoms with E-state index in [-0.39, 0.29) is 31.8 Å². The molecule has 2 atom stereocenters. The number of aliphatic hydroxyl groups is 2. The summed E-state index contributed by atoms with van der Waals surface area (Å²) in [5, 5.41) is 25.5. The van der Waals surface area contributed by atoms with Crippen LogP contribution in [0.15, 0.2) is 36.4 Å². The molecule has 2 unspecified atom stereocenters. The largest absolute Gasteiger partial charge is 0.394 e. The van der Waals surface area contributed by atoms with E-state index in [1.54, 1.807) is 42.5 Å². The monoisotopic (exact) mass is 551 g/mol. The van der Waals surface area contributed by atoms with Gasteiger partial charge in [0.2, 0.25) is 3.68 Å². The van der Waals surface area contributed by atoms with Crippen molar-refractivity contribution in [2.24, 2.45) is 0 Å². The molecule has 0 radical (unpaired) electrons. The van der Waals surface area contributed by atoms with E-state index in [2.05, 4.69) is 10.6 Å². The average molecular weight is 551 g/mol. The van der Waals surface area contributed by atoms with E-state index < -0.39 is 44.1 Å². The number of β-amino-alcohol motifs (C(OH)–C–C–N with tert-alkyl or cyclic N) is 1. The number of nitrogens with one attached hydrogen (secondary N) is 2. The van der Waals surface area contributed by atoms with Gasteiger partial charge in [0.25, 0.3) is 5.91 Å². The summed E-state index contributed by atoms with van der Waals surface area (Å²) in [5.74, 6) is -3.05. The van der Waals surface area contributed by atoms with Gasteiger partial charge < -0.3 is 25.7 Å². The molecule has 2 aliphatic rings. The highest BCUT2D eigenvalue weighted by molar-refractivity contribution is 14.1. The molecule has 1 saturated heterocycles. The lowest BCUT2D eigenvalue weighted by atomic mass is 9.91. The van der Waals surface area contributed by atoms with Gasteiger partial charge in [-0.3, -0.25) is 4.79 Å². The molecule has 0 aromatic heterocycles. The van der Waals surface area contributed by atoms with Gasteiger partial charge in [-0.25, -0.2) is 13.2 Å². The predicted molar refractivity (Wildman–Crippen MR) is 120 cm³/mol. The van der Waals surface area contributed by atoms with Gasteiger partial charge in [-0.15, -0.1) is 0 Å². The quantitative estimate of drug-likeness (QED) is 0.310. The Morgan fingerprint density at radius 3 is 2.61 bits per heavy atom. The Bertz CT molecular complexity index is 915. The minimum Gasteiger partial charge on any atom is -0.394 e. The summed E-state index contributed by atoms with van der Waals surface area (Å²) < 4.78 is 41.4. The number of allylic oxidation sites excluding steroid dienone is 2. The summed E-state index contributed by atoms with van der Waals surface area (Å²) >= 11 is 1.55. The second-order valence-corrected chi connectivity index (χ2v) is 10.3. The fourth-order valence-electron chi connectivity index (χ4n) is 3.31. The van der Waals surface area contributed by atoms with Crippen LogP contribution < -0.4 is 10.6 Å². The predicted octanol–water partition coefficient (Wildman–Crippen LogP) is 2.52. The minimum absolute atomic E-state index is 0.0236. The van der Waals surface area contributed by atoms with Crippen LogP contribution in [0, 0.1) is 11.6 Å². The number of benzene rings is 1. The first kappa shape index (κ1) is 24.0. The third-order valence-corrected chi connectivity index (χ3v) is 6.35. The normalized spacial score (nSPS) is 24.8. The second-order valence-electron chi connectivity index (χ2n) is 8.61. The van der Waals surface area contributed by atoms with Crippen molar-refractivity contribution in [2.75, 3.05) is 31.6 Å². The first-order valence-corrected chi connectivity index (χ1v) is 10.8. The minimum atomic E-state index is -1.90. The van der Waals surface area contributed by atoms with Crippen LogP contribution >= 0.6 is 22.6 Å². The van der Waals surface area contributed by atoms with Crippen molar-refractivity contribution in [2.45, 2.75) is 34.7 Å². The Balaban J connectivity index is 1.76. The molecular weight excluding hydrogens is 526 g/mol. The summed E-state index contributed by atoms with van der Waals surface area (Å²) in [6.45, 7) is 3.50. The van der Waals surface area contributed by atoms with Gasteiger partial charge in [-0.2, -0.15) is 0 Å². The van der Waals surface area contributed by atoms with Crippen molar-refractivity contribution >= 4 is 34.2 Å². The van der Waals surface area contributed by atoms with Crippen LogP contribution in [0.4, 0.5) is 18.9 Å². The maximum absolute atomic E-state index is 14.8. The fourth-order valence-corrected chi connectivity index (χ4v) is 3.88. The van der Waals surface area contributed by atoms with Gasteiger partial charge in [0.15, 0.2) is 11.6 Å². The molecule has 0 saturated carbocycles. The van der Waals surface area contributed by atoms with Crippen molar-refractivity contribution in [1.82, 2.24) is 10.2 Å². The van der Waals surface area contributed by atoms with E-state index in [1.807, 2.05) is 0 Å². The zero-order valence-corrected chi connectivity index (χ0v) is 19.3. The SMILES string of the molecule is CC(C)(CO)NCC1(O)CN(C(=O)c2ccc(F)c(F)c2NC2C=CC=CC2(F)I)C1. The summed E-state index contributed by atoms with van der Waals surface area (Å²) in [4.78, 5) is 14.3. The lowest BCUT2D eigenvalue weighted by molar-refractivity contribution is -0.0825. The Morgan fingerprint density at radius 2 is 2.00 bits per heavy atom. The smallest absolute Gasteiger partial charge is 0.256 e. The summed E-state index contributed by atoms with van der Waals surface area (Å²) in [6, 6.07) is 0.969. The van der Waals surface area contributed by atoms with Crippen LogP contribution in [-0.2, 0) is 0 Å². The number of rotatable bonds is 7. The van der Waals surface area contributed by atoms with Crippen LogP contribution in [0.2, 0.25) is 0 Å². The lowest BCUT2D eigenvalue weighted by Gasteiger charge is -2.47. The number of anilines is 1. The van der Waals surface area contributed by atoms with Crippen molar-refractivity contribution < 1.29 is 28.2 Å². The second kappa shape index (κ2) is 8.72. The number of likely N-dealkylation sites (tertiary alicyclic amines) is 1. The average Bonchev–Trinajstić information content (AvgIpc) is 2.68. The summed E-state index contributed by atoms with van der Waals surface area (Å²) in [5.41, 5.74) is -2.39. The van der Waals surface area contributed by atoms with E-state index in [9.17, 15) is 28.2 Å². The molecule has 1 aliphatic heterocycles. The van der Waals surface area contributed by atoms with Crippen molar-refractivity contribution in [3.8, 4) is 0 Å². The highest BCUT2D eigenvalue weighted by Crippen LogP contribution is 2.35. The van der Waals surface area contributed by atoms with Crippen molar-refractivity contribution in [3.63, 3.8) is 0 Å². The topological polar surface area (TPSA) is 84.8 Å². The standard InChI is InChI=1S/C21H25F3IN3O3/c1-19(2,12-29)26-9-20(31)10-28(11-20)18(30)13-6-7-14(22)16(23)17(13)27-15-5-3-4-8-21(15,24)25/h3-8,15,26-27,29,31H,9-12H2,1-2H3. The molecule has 0 spiro atoms. The number of nitrogens with zero attached hydrogens (tertiary/aromatic N) is 1. The number of carbonyl (C=O) groups excluding carboxylic acids is 1. The number of halogens is 4.